The molecule has 7 nitrogen and oxygen atoms in total. The van der Waals surface area contributed by atoms with Crippen LogP contribution in [0.3, 0.4) is 0 Å². The second-order valence-electron chi connectivity index (χ2n) is 11.2. The minimum absolute atomic E-state index is 0.00807. The first-order valence-corrected chi connectivity index (χ1v) is 18.2. The van der Waals surface area contributed by atoms with Crippen molar-refractivity contribution >= 4 is 50.9 Å². The summed E-state index contributed by atoms with van der Waals surface area (Å²) in [5.41, 5.74) is 2.79. The first kappa shape index (κ1) is 35.1. The summed E-state index contributed by atoms with van der Waals surface area (Å²) in [6.45, 7) is 5.27. The standard InChI is InChI=1S/C36H40ClN3O4S2/c1-5-27(3)38-36(42)34(23-28-11-7-6-8-12-28)39(24-29-13-9-10-14-33(29)37)35(41)25-40(30-17-15-26(2)16-18-30)46(43,44)32-21-19-31(45-4)20-22-32/h6-22,27,34H,5,23-25H2,1-4H3,(H,38,42)/t27-,34-/m0/s1. The van der Waals surface area contributed by atoms with Crippen molar-refractivity contribution in [3.05, 3.63) is 125 Å². The summed E-state index contributed by atoms with van der Waals surface area (Å²) in [7, 11) is -4.18. The summed E-state index contributed by atoms with van der Waals surface area (Å²) >= 11 is 8.08. The largest absolute Gasteiger partial charge is 0.352 e. The topological polar surface area (TPSA) is 86.8 Å². The van der Waals surface area contributed by atoms with Crippen LogP contribution in [-0.4, -0.2) is 50.0 Å². The van der Waals surface area contributed by atoms with Gasteiger partial charge in [0.1, 0.15) is 12.6 Å². The fourth-order valence-corrected chi connectivity index (χ4v) is 6.94. The van der Waals surface area contributed by atoms with Gasteiger partial charge in [0.2, 0.25) is 11.8 Å². The predicted octanol–water partition coefficient (Wildman–Crippen LogP) is 7.12. The molecule has 0 aromatic heterocycles. The van der Waals surface area contributed by atoms with Gasteiger partial charge in [0.05, 0.1) is 10.6 Å². The number of benzene rings is 4. The van der Waals surface area contributed by atoms with Gasteiger partial charge in [-0.15, -0.1) is 11.8 Å². The Morgan fingerprint density at radius 1 is 0.891 bits per heavy atom. The molecule has 10 heteroatoms. The number of sulfonamides is 1. The van der Waals surface area contributed by atoms with Gasteiger partial charge in [-0.05, 0) is 80.1 Å². The van der Waals surface area contributed by atoms with E-state index in [1.165, 1.54) is 16.7 Å². The monoisotopic (exact) mass is 677 g/mol. The first-order valence-electron chi connectivity index (χ1n) is 15.1. The second-order valence-corrected chi connectivity index (χ2v) is 14.3. The number of thioether (sulfide) groups is 1. The molecule has 242 valence electrons. The summed E-state index contributed by atoms with van der Waals surface area (Å²) in [5.74, 6) is -0.860. The maximum Gasteiger partial charge on any atom is 0.264 e. The Morgan fingerprint density at radius 2 is 1.52 bits per heavy atom. The van der Waals surface area contributed by atoms with Crippen LogP contribution in [0.5, 0.6) is 0 Å². The van der Waals surface area contributed by atoms with Crippen LogP contribution in [0.15, 0.2) is 113 Å². The van der Waals surface area contributed by atoms with Crippen molar-refractivity contribution in [3.63, 3.8) is 0 Å². The van der Waals surface area contributed by atoms with Crippen LogP contribution < -0.4 is 9.62 Å². The normalized spacial score (nSPS) is 12.6. The van der Waals surface area contributed by atoms with Crippen molar-refractivity contribution in [2.45, 2.75) is 62.0 Å². The Hall–Kier alpha value is -3.79. The van der Waals surface area contributed by atoms with Crippen molar-refractivity contribution in [1.29, 1.82) is 0 Å². The van der Waals surface area contributed by atoms with Crippen LogP contribution in [0.4, 0.5) is 5.69 Å². The molecule has 1 N–H and O–H groups in total. The third kappa shape index (κ3) is 8.93. The fourth-order valence-electron chi connectivity index (χ4n) is 4.92. The average molecular weight is 678 g/mol. The van der Waals surface area contributed by atoms with Gasteiger partial charge in [-0.3, -0.25) is 13.9 Å². The van der Waals surface area contributed by atoms with Gasteiger partial charge in [0, 0.05) is 28.9 Å². The van der Waals surface area contributed by atoms with Gasteiger partial charge in [0.15, 0.2) is 0 Å². The van der Waals surface area contributed by atoms with E-state index in [9.17, 15) is 18.0 Å². The maximum atomic E-state index is 14.6. The Balaban J connectivity index is 1.81. The van der Waals surface area contributed by atoms with Crippen LogP contribution in [0.1, 0.15) is 37.0 Å². The van der Waals surface area contributed by atoms with E-state index >= 15 is 0 Å². The number of carbonyl (C=O) groups excluding carboxylic acids is 2. The molecule has 0 aliphatic carbocycles. The summed E-state index contributed by atoms with van der Waals surface area (Å²) in [5, 5.41) is 3.49. The quantitative estimate of drug-likeness (QED) is 0.144. The van der Waals surface area contributed by atoms with E-state index in [-0.39, 0.29) is 29.8 Å². The van der Waals surface area contributed by atoms with Crippen molar-refractivity contribution in [1.82, 2.24) is 10.2 Å². The molecular formula is C36H40ClN3O4S2. The number of amides is 2. The molecule has 0 aliphatic heterocycles. The third-order valence-corrected chi connectivity index (χ3v) is 10.7. The van der Waals surface area contributed by atoms with Crippen LogP contribution in [-0.2, 0) is 32.6 Å². The van der Waals surface area contributed by atoms with E-state index in [4.69, 9.17) is 11.6 Å². The minimum Gasteiger partial charge on any atom is -0.352 e. The van der Waals surface area contributed by atoms with E-state index in [2.05, 4.69) is 5.32 Å². The van der Waals surface area contributed by atoms with Crippen LogP contribution >= 0.6 is 23.4 Å². The Bertz CT molecular complexity index is 1720. The lowest BCUT2D eigenvalue weighted by molar-refractivity contribution is -0.140. The lowest BCUT2D eigenvalue weighted by Gasteiger charge is -2.34. The molecule has 0 fully saturated rings. The molecule has 0 aliphatic rings. The molecule has 0 saturated heterocycles. The Morgan fingerprint density at radius 3 is 2.13 bits per heavy atom. The van der Waals surface area contributed by atoms with Gasteiger partial charge in [-0.1, -0.05) is 84.8 Å². The lowest BCUT2D eigenvalue weighted by atomic mass is 10.0. The molecule has 0 radical (unpaired) electrons. The van der Waals surface area contributed by atoms with Gasteiger partial charge >= 0.3 is 0 Å². The van der Waals surface area contributed by atoms with E-state index in [0.717, 1.165) is 20.3 Å². The number of carbonyl (C=O) groups is 2. The minimum atomic E-state index is -4.18. The third-order valence-electron chi connectivity index (χ3n) is 7.82. The molecule has 0 heterocycles. The number of rotatable bonds is 14. The molecule has 4 aromatic carbocycles. The molecule has 46 heavy (non-hydrogen) atoms. The zero-order chi connectivity index (χ0) is 33.3. The zero-order valence-electron chi connectivity index (χ0n) is 26.5. The van der Waals surface area contributed by atoms with Crippen molar-refractivity contribution in [2.75, 3.05) is 17.1 Å². The van der Waals surface area contributed by atoms with Gasteiger partial charge in [-0.2, -0.15) is 0 Å². The van der Waals surface area contributed by atoms with Crippen LogP contribution in [0.25, 0.3) is 0 Å². The van der Waals surface area contributed by atoms with Gasteiger partial charge in [-0.25, -0.2) is 8.42 Å². The Kier molecular flexibility index (Phi) is 12.3. The SMILES string of the molecule is CC[C@H](C)NC(=O)[C@H](Cc1ccccc1)N(Cc1ccccc1Cl)C(=O)CN(c1ccc(C)cc1)S(=O)(=O)c1ccc(SC)cc1. The summed E-state index contributed by atoms with van der Waals surface area (Å²) in [6.07, 6.45) is 2.85. The van der Waals surface area contributed by atoms with Gasteiger partial charge < -0.3 is 10.2 Å². The maximum absolute atomic E-state index is 14.6. The van der Waals surface area contributed by atoms with E-state index in [1.807, 2.05) is 63.4 Å². The number of nitrogens with zero attached hydrogens (tertiary/aromatic N) is 2. The molecular weight excluding hydrogens is 638 g/mol. The molecule has 0 bridgehead atoms. The molecule has 0 spiro atoms. The second kappa shape index (κ2) is 16.2. The zero-order valence-corrected chi connectivity index (χ0v) is 28.9. The molecule has 4 rings (SSSR count). The summed E-state index contributed by atoms with van der Waals surface area (Å²) in [4.78, 5) is 30.9. The summed E-state index contributed by atoms with van der Waals surface area (Å²) in [6, 6.07) is 29.1. The van der Waals surface area contributed by atoms with Crippen LogP contribution in [0, 0.1) is 6.92 Å². The number of aryl methyl sites for hydroxylation is 1. The molecule has 2 amide bonds. The van der Waals surface area contributed by atoms with Crippen molar-refractivity contribution in [2.24, 2.45) is 0 Å². The van der Waals surface area contributed by atoms with E-state index in [1.54, 1.807) is 66.7 Å². The Labute approximate surface area is 282 Å². The number of halogens is 1. The first-order chi connectivity index (χ1) is 22.0. The number of anilines is 1. The fraction of sp³-hybridized carbons (Fsp3) is 0.278. The van der Waals surface area contributed by atoms with E-state index < -0.39 is 28.5 Å². The van der Waals surface area contributed by atoms with Gasteiger partial charge in [0.25, 0.3) is 10.0 Å². The highest BCUT2D eigenvalue weighted by molar-refractivity contribution is 7.98. The van der Waals surface area contributed by atoms with Crippen molar-refractivity contribution in [3.8, 4) is 0 Å². The predicted molar refractivity (Wildman–Crippen MR) is 188 cm³/mol. The number of hydrogen-bond donors (Lipinski definition) is 1. The molecule has 0 unspecified atom stereocenters. The van der Waals surface area contributed by atoms with E-state index in [0.29, 0.717) is 22.7 Å². The average Bonchev–Trinajstić information content (AvgIpc) is 3.06. The lowest BCUT2D eigenvalue weighted by Crippen LogP contribution is -2.54. The number of hydrogen-bond acceptors (Lipinski definition) is 5. The smallest absolute Gasteiger partial charge is 0.264 e. The molecule has 2 atom stereocenters. The highest BCUT2D eigenvalue weighted by Gasteiger charge is 2.35. The van der Waals surface area contributed by atoms with Crippen LogP contribution in [0.2, 0.25) is 5.02 Å². The molecule has 0 saturated carbocycles. The number of nitrogens with one attached hydrogen (secondary N) is 1. The molecule has 4 aromatic rings. The highest BCUT2D eigenvalue weighted by atomic mass is 35.5. The summed E-state index contributed by atoms with van der Waals surface area (Å²) < 4.78 is 29.5. The van der Waals surface area contributed by atoms with Crippen molar-refractivity contribution < 1.29 is 18.0 Å². The highest BCUT2D eigenvalue weighted by Crippen LogP contribution is 2.27.